The number of amides is 2. The topological polar surface area (TPSA) is 66.9 Å². The van der Waals surface area contributed by atoms with Crippen LogP contribution in [0.2, 0.25) is 0 Å². The molecule has 128 valence electrons. The van der Waals surface area contributed by atoms with Gasteiger partial charge in [-0.3, -0.25) is 14.4 Å². The highest BCUT2D eigenvalue weighted by atomic mass is 32.2. The first-order chi connectivity index (χ1) is 11.1. The van der Waals surface area contributed by atoms with Gasteiger partial charge in [0.15, 0.2) is 0 Å². The van der Waals surface area contributed by atoms with E-state index in [0.717, 1.165) is 25.7 Å². The Balaban J connectivity index is 1.62. The summed E-state index contributed by atoms with van der Waals surface area (Å²) in [6.07, 6.45) is 3.49. The molecule has 1 saturated carbocycles. The predicted octanol–water partition coefficient (Wildman–Crippen LogP) is 1.10. The van der Waals surface area contributed by atoms with Crippen LogP contribution in [0.1, 0.15) is 32.6 Å². The lowest BCUT2D eigenvalue weighted by Gasteiger charge is -2.35. The minimum Gasteiger partial charge on any atom is -0.466 e. The van der Waals surface area contributed by atoms with E-state index in [1.165, 1.54) is 0 Å². The number of carbonyl (C=O) groups excluding carboxylic acids is 3. The van der Waals surface area contributed by atoms with Crippen molar-refractivity contribution in [2.24, 2.45) is 11.8 Å². The summed E-state index contributed by atoms with van der Waals surface area (Å²) in [7, 11) is 0. The molecular formula is C16H24N2O4S. The summed E-state index contributed by atoms with van der Waals surface area (Å²) in [4.78, 5) is 40.6. The van der Waals surface area contributed by atoms with Crippen LogP contribution in [0.5, 0.6) is 0 Å². The zero-order valence-corrected chi connectivity index (χ0v) is 14.3. The normalized spacial score (nSPS) is 27.9. The lowest BCUT2D eigenvalue weighted by molar-refractivity contribution is -0.153. The van der Waals surface area contributed by atoms with Gasteiger partial charge in [0.05, 0.1) is 18.4 Å². The summed E-state index contributed by atoms with van der Waals surface area (Å²) in [5.74, 6) is 1.10. The van der Waals surface area contributed by atoms with Gasteiger partial charge < -0.3 is 14.5 Å². The van der Waals surface area contributed by atoms with Gasteiger partial charge in [-0.05, 0) is 32.6 Å². The van der Waals surface area contributed by atoms with Crippen molar-refractivity contribution in [2.75, 3.05) is 31.3 Å². The van der Waals surface area contributed by atoms with Gasteiger partial charge in [-0.1, -0.05) is 0 Å². The van der Waals surface area contributed by atoms with Crippen molar-refractivity contribution in [1.82, 2.24) is 9.80 Å². The zero-order valence-electron chi connectivity index (χ0n) is 13.5. The fraction of sp³-hybridized carbons (Fsp3) is 0.812. The monoisotopic (exact) mass is 340 g/mol. The lowest BCUT2D eigenvalue weighted by Crippen LogP contribution is -2.52. The van der Waals surface area contributed by atoms with Crippen molar-refractivity contribution in [3.8, 4) is 0 Å². The third-order valence-electron chi connectivity index (χ3n) is 4.73. The Morgan fingerprint density at radius 3 is 2.61 bits per heavy atom. The van der Waals surface area contributed by atoms with Crippen LogP contribution >= 0.6 is 11.8 Å². The quantitative estimate of drug-likeness (QED) is 0.717. The van der Waals surface area contributed by atoms with Gasteiger partial charge in [0, 0.05) is 24.8 Å². The van der Waals surface area contributed by atoms with Gasteiger partial charge in [0.2, 0.25) is 11.8 Å². The first-order valence-electron chi connectivity index (χ1n) is 8.45. The maximum Gasteiger partial charge on any atom is 0.310 e. The molecule has 23 heavy (non-hydrogen) atoms. The molecule has 6 nitrogen and oxygen atoms in total. The standard InChI is InChI=1S/C16H24N2O4S/c1-2-22-16(21)12-4-3-7-17(8-12)15(20)13-9-23-10-18(13)14(19)11-5-6-11/h11-13H,2-10H2,1H3. The fourth-order valence-electron chi connectivity index (χ4n) is 3.27. The van der Waals surface area contributed by atoms with Gasteiger partial charge >= 0.3 is 5.97 Å². The molecule has 2 amide bonds. The van der Waals surface area contributed by atoms with Crippen molar-refractivity contribution in [3.63, 3.8) is 0 Å². The number of likely N-dealkylation sites (tertiary alicyclic amines) is 1. The van der Waals surface area contributed by atoms with Crippen molar-refractivity contribution in [2.45, 2.75) is 38.6 Å². The van der Waals surface area contributed by atoms with Crippen LogP contribution in [0.3, 0.4) is 0 Å². The highest BCUT2D eigenvalue weighted by molar-refractivity contribution is 7.99. The van der Waals surface area contributed by atoms with E-state index in [2.05, 4.69) is 0 Å². The van der Waals surface area contributed by atoms with Crippen molar-refractivity contribution < 1.29 is 19.1 Å². The Labute approximate surface area is 140 Å². The second-order valence-corrected chi connectivity index (χ2v) is 7.47. The van der Waals surface area contributed by atoms with Crippen molar-refractivity contribution in [1.29, 1.82) is 0 Å². The van der Waals surface area contributed by atoms with Crippen LogP contribution in [0.25, 0.3) is 0 Å². The number of hydrogen-bond donors (Lipinski definition) is 0. The fourth-order valence-corrected chi connectivity index (χ4v) is 4.42. The number of nitrogens with zero attached hydrogens (tertiary/aromatic N) is 2. The molecule has 0 N–H and O–H groups in total. The molecule has 2 heterocycles. The minimum atomic E-state index is -0.353. The van der Waals surface area contributed by atoms with E-state index < -0.39 is 0 Å². The highest BCUT2D eigenvalue weighted by Gasteiger charge is 2.43. The smallest absolute Gasteiger partial charge is 0.310 e. The van der Waals surface area contributed by atoms with Crippen LogP contribution in [0.4, 0.5) is 0 Å². The molecule has 0 spiro atoms. The second-order valence-electron chi connectivity index (χ2n) is 6.47. The molecule has 0 aromatic carbocycles. The Kier molecular flexibility index (Phi) is 5.14. The number of piperidine rings is 1. The Morgan fingerprint density at radius 1 is 1.13 bits per heavy atom. The van der Waals surface area contributed by atoms with E-state index >= 15 is 0 Å². The van der Waals surface area contributed by atoms with Crippen LogP contribution in [-0.4, -0.2) is 65.0 Å². The van der Waals surface area contributed by atoms with Crippen LogP contribution < -0.4 is 0 Å². The summed E-state index contributed by atoms with van der Waals surface area (Å²) in [5, 5.41) is 0. The molecule has 3 rings (SSSR count). The molecule has 2 aliphatic heterocycles. The molecule has 2 atom stereocenters. The summed E-state index contributed by atoms with van der Waals surface area (Å²) >= 11 is 1.64. The third-order valence-corrected chi connectivity index (χ3v) is 5.74. The average Bonchev–Trinajstić information content (AvgIpc) is 3.30. The lowest BCUT2D eigenvalue weighted by atomic mass is 9.97. The van der Waals surface area contributed by atoms with Gasteiger partial charge in [-0.15, -0.1) is 11.8 Å². The summed E-state index contributed by atoms with van der Waals surface area (Å²) < 4.78 is 5.09. The summed E-state index contributed by atoms with van der Waals surface area (Å²) in [6.45, 7) is 3.25. The largest absolute Gasteiger partial charge is 0.466 e. The zero-order chi connectivity index (χ0) is 16.4. The Bertz CT molecular complexity index is 494. The van der Waals surface area contributed by atoms with Gasteiger partial charge in [0.1, 0.15) is 6.04 Å². The Hall–Kier alpha value is -1.24. The van der Waals surface area contributed by atoms with Crippen LogP contribution in [0, 0.1) is 11.8 Å². The summed E-state index contributed by atoms with van der Waals surface area (Å²) in [6, 6.07) is -0.353. The number of esters is 1. The van der Waals surface area contributed by atoms with E-state index in [0.29, 0.717) is 31.3 Å². The molecule has 2 unspecified atom stereocenters. The van der Waals surface area contributed by atoms with E-state index in [1.54, 1.807) is 28.5 Å². The molecule has 7 heteroatoms. The first kappa shape index (κ1) is 16.6. The maximum atomic E-state index is 12.9. The SMILES string of the molecule is CCOC(=O)C1CCCN(C(=O)C2CSCN2C(=O)C2CC2)C1. The summed E-state index contributed by atoms with van der Waals surface area (Å²) in [5.41, 5.74) is 0. The molecule has 0 aromatic heterocycles. The number of hydrogen-bond acceptors (Lipinski definition) is 5. The average molecular weight is 340 g/mol. The maximum absolute atomic E-state index is 12.9. The number of thioether (sulfide) groups is 1. The van der Waals surface area contributed by atoms with Gasteiger partial charge in [0.25, 0.3) is 0 Å². The van der Waals surface area contributed by atoms with E-state index in [9.17, 15) is 14.4 Å². The molecule has 2 saturated heterocycles. The molecule has 0 aromatic rings. The predicted molar refractivity (Wildman–Crippen MR) is 86.6 cm³/mol. The van der Waals surface area contributed by atoms with E-state index in [-0.39, 0.29) is 35.7 Å². The van der Waals surface area contributed by atoms with E-state index in [4.69, 9.17) is 4.74 Å². The highest BCUT2D eigenvalue weighted by Crippen LogP contribution is 2.35. The van der Waals surface area contributed by atoms with Crippen molar-refractivity contribution >= 4 is 29.5 Å². The molecule has 3 fully saturated rings. The van der Waals surface area contributed by atoms with Crippen LogP contribution in [0.15, 0.2) is 0 Å². The molecule has 3 aliphatic rings. The third kappa shape index (κ3) is 3.65. The number of rotatable bonds is 4. The molecular weight excluding hydrogens is 316 g/mol. The molecule has 1 aliphatic carbocycles. The second kappa shape index (κ2) is 7.11. The van der Waals surface area contributed by atoms with Gasteiger partial charge in [-0.25, -0.2) is 0 Å². The molecule has 0 radical (unpaired) electrons. The van der Waals surface area contributed by atoms with Gasteiger partial charge in [-0.2, -0.15) is 0 Å². The van der Waals surface area contributed by atoms with Crippen molar-refractivity contribution in [3.05, 3.63) is 0 Å². The van der Waals surface area contributed by atoms with Crippen LogP contribution in [-0.2, 0) is 19.1 Å². The number of carbonyl (C=O) groups is 3. The minimum absolute atomic E-state index is 0.00185. The van der Waals surface area contributed by atoms with E-state index in [1.807, 2.05) is 0 Å². The Morgan fingerprint density at radius 2 is 1.91 bits per heavy atom. The molecule has 0 bridgehead atoms. The number of ether oxygens (including phenoxy) is 1. The first-order valence-corrected chi connectivity index (χ1v) is 9.61.